The fourth-order valence-corrected chi connectivity index (χ4v) is 4.17. The fourth-order valence-electron chi connectivity index (χ4n) is 4.17. The zero-order chi connectivity index (χ0) is 27.6. The third-order valence-electron chi connectivity index (χ3n) is 6.03. The normalized spacial score (nSPS) is 22.5. The maximum atomic E-state index is 13.2. The highest BCUT2D eigenvalue weighted by Gasteiger charge is 2.54. The van der Waals surface area contributed by atoms with Crippen LogP contribution in [0, 0.1) is 0 Å². The average Bonchev–Trinajstić information content (AvgIpc) is 2.97. The van der Waals surface area contributed by atoms with Crippen molar-refractivity contribution in [2.24, 2.45) is 0 Å². The van der Waals surface area contributed by atoms with E-state index in [-0.39, 0.29) is 18.8 Å². The summed E-state index contributed by atoms with van der Waals surface area (Å²) in [6.07, 6.45) is -6.33. The molecule has 0 radical (unpaired) electrons. The van der Waals surface area contributed by atoms with Crippen molar-refractivity contribution in [3.8, 4) is 0 Å². The van der Waals surface area contributed by atoms with Crippen LogP contribution in [0.2, 0.25) is 0 Å². The fraction of sp³-hybridized carbons (Fsp3) is 0.300. The van der Waals surface area contributed by atoms with Gasteiger partial charge in [-0.15, -0.1) is 0 Å². The molecule has 1 heterocycles. The summed E-state index contributed by atoms with van der Waals surface area (Å²) in [5, 5.41) is 0. The van der Waals surface area contributed by atoms with E-state index in [0.29, 0.717) is 0 Å². The van der Waals surface area contributed by atoms with Crippen LogP contribution in [0.15, 0.2) is 91.0 Å². The van der Waals surface area contributed by atoms with E-state index in [1.807, 2.05) is 60.7 Å². The first-order valence-electron chi connectivity index (χ1n) is 12.4. The molecular formula is C30H30O9. The molecule has 3 aromatic rings. The molecule has 1 fully saturated rings. The highest BCUT2D eigenvalue weighted by Crippen LogP contribution is 2.31. The van der Waals surface area contributed by atoms with Crippen molar-refractivity contribution >= 4 is 17.9 Å². The number of rotatable bonds is 10. The van der Waals surface area contributed by atoms with Crippen LogP contribution >= 0.6 is 0 Å². The minimum Gasteiger partial charge on any atom is -0.467 e. The topological polar surface area (TPSA) is 107 Å². The molecule has 5 atom stereocenters. The number of benzene rings is 3. The molecule has 0 unspecified atom stereocenters. The van der Waals surface area contributed by atoms with E-state index in [9.17, 15) is 14.4 Å². The summed E-state index contributed by atoms with van der Waals surface area (Å²) >= 11 is 0. The molecule has 4 rings (SSSR count). The van der Waals surface area contributed by atoms with Crippen molar-refractivity contribution in [2.45, 2.75) is 50.8 Å². The van der Waals surface area contributed by atoms with Crippen molar-refractivity contribution in [3.63, 3.8) is 0 Å². The maximum Gasteiger partial charge on any atom is 0.339 e. The van der Waals surface area contributed by atoms with Gasteiger partial charge in [0, 0.05) is 6.92 Å². The van der Waals surface area contributed by atoms with Crippen LogP contribution in [0.4, 0.5) is 0 Å². The molecule has 1 aliphatic rings. The first-order valence-corrected chi connectivity index (χ1v) is 12.4. The standard InChI is InChI=1S/C30H30O9/c1-20(31)37-24-25(38-28(32)23-16-10-5-11-17-23)27(35-18-21-12-6-3-7-13-21)30(39-26(24)29(33)34-2)36-19-22-14-8-4-9-15-22/h3-17,24-27,30H,18-19H2,1-2H3/t24-,25+,26-,27-,30-/m1/s1. The van der Waals surface area contributed by atoms with Gasteiger partial charge in [0.2, 0.25) is 0 Å². The largest absolute Gasteiger partial charge is 0.467 e. The zero-order valence-corrected chi connectivity index (χ0v) is 21.6. The quantitative estimate of drug-likeness (QED) is 0.283. The van der Waals surface area contributed by atoms with E-state index in [0.717, 1.165) is 11.1 Å². The Labute approximate surface area is 226 Å². The molecule has 0 N–H and O–H groups in total. The number of methoxy groups -OCH3 is 1. The second-order valence-electron chi connectivity index (χ2n) is 8.82. The van der Waals surface area contributed by atoms with Gasteiger partial charge >= 0.3 is 17.9 Å². The first kappa shape index (κ1) is 28.0. The predicted octanol–water partition coefficient (Wildman–Crippen LogP) is 3.84. The van der Waals surface area contributed by atoms with Crippen LogP contribution in [0.25, 0.3) is 0 Å². The Bertz CT molecular complexity index is 1220. The van der Waals surface area contributed by atoms with Crippen LogP contribution in [-0.2, 0) is 51.2 Å². The second kappa shape index (κ2) is 13.7. The highest BCUT2D eigenvalue weighted by molar-refractivity contribution is 5.89. The number of hydrogen-bond donors (Lipinski definition) is 0. The van der Waals surface area contributed by atoms with Gasteiger partial charge in [-0.2, -0.15) is 0 Å². The molecule has 0 spiro atoms. The maximum absolute atomic E-state index is 13.2. The Morgan fingerprint density at radius 3 is 1.77 bits per heavy atom. The van der Waals surface area contributed by atoms with Crippen LogP contribution in [0.3, 0.4) is 0 Å². The summed E-state index contributed by atoms with van der Waals surface area (Å²) in [6, 6.07) is 27.0. The van der Waals surface area contributed by atoms with Crippen molar-refractivity contribution in [1.29, 1.82) is 0 Å². The molecule has 0 aromatic heterocycles. The number of carbonyl (C=O) groups excluding carboxylic acids is 3. The Morgan fingerprint density at radius 2 is 1.23 bits per heavy atom. The summed E-state index contributed by atoms with van der Waals surface area (Å²) in [6.45, 7) is 1.40. The molecule has 1 aliphatic heterocycles. The van der Waals surface area contributed by atoms with Crippen molar-refractivity contribution in [2.75, 3.05) is 7.11 Å². The second-order valence-corrected chi connectivity index (χ2v) is 8.82. The van der Waals surface area contributed by atoms with E-state index < -0.39 is 48.6 Å². The highest BCUT2D eigenvalue weighted by atomic mass is 16.7. The molecule has 39 heavy (non-hydrogen) atoms. The monoisotopic (exact) mass is 534 g/mol. The Balaban J connectivity index is 1.69. The van der Waals surface area contributed by atoms with Crippen molar-refractivity contribution < 1.29 is 42.8 Å². The molecule has 1 saturated heterocycles. The van der Waals surface area contributed by atoms with Gasteiger partial charge in [-0.1, -0.05) is 78.9 Å². The molecule has 204 valence electrons. The van der Waals surface area contributed by atoms with Gasteiger partial charge in [-0.25, -0.2) is 9.59 Å². The lowest BCUT2D eigenvalue weighted by molar-refractivity contribution is -0.309. The van der Waals surface area contributed by atoms with E-state index in [4.69, 9.17) is 28.4 Å². The molecule has 9 nitrogen and oxygen atoms in total. The lowest BCUT2D eigenvalue weighted by atomic mass is 9.97. The van der Waals surface area contributed by atoms with Gasteiger partial charge in [0.15, 0.2) is 24.6 Å². The molecule has 0 aliphatic carbocycles. The predicted molar refractivity (Wildman–Crippen MR) is 138 cm³/mol. The Morgan fingerprint density at radius 1 is 0.692 bits per heavy atom. The van der Waals surface area contributed by atoms with Crippen molar-refractivity contribution in [3.05, 3.63) is 108 Å². The third kappa shape index (κ3) is 7.51. The number of ether oxygens (including phenoxy) is 6. The Hall–Kier alpha value is -4.05. The average molecular weight is 535 g/mol. The van der Waals surface area contributed by atoms with Crippen LogP contribution < -0.4 is 0 Å². The number of hydrogen-bond acceptors (Lipinski definition) is 9. The first-order chi connectivity index (χ1) is 19.0. The lowest BCUT2D eigenvalue weighted by Gasteiger charge is -2.43. The SMILES string of the molecule is COC(=O)[C@@H]1O[C@@H](OCc2ccccc2)[C@H](OCc2ccccc2)[C@@H](OC(=O)c2ccccc2)[C@H]1OC(C)=O. The summed E-state index contributed by atoms with van der Waals surface area (Å²) in [5.74, 6) is -2.22. The Kier molecular flexibility index (Phi) is 9.80. The van der Waals surface area contributed by atoms with E-state index in [1.165, 1.54) is 14.0 Å². The van der Waals surface area contributed by atoms with Crippen LogP contribution in [-0.4, -0.2) is 55.7 Å². The molecule has 0 bridgehead atoms. The minimum absolute atomic E-state index is 0.106. The third-order valence-corrected chi connectivity index (χ3v) is 6.03. The van der Waals surface area contributed by atoms with Gasteiger partial charge in [0.25, 0.3) is 0 Å². The lowest BCUT2D eigenvalue weighted by Crippen LogP contribution is -2.63. The van der Waals surface area contributed by atoms with E-state index in [2.05, 4.69) is 0 Å². The van der Waals surface area contributed by atoms with E-state index in [1.54, 1.807) is 30.3 Å². The summed E-state index contributed by atoms with van der Waals surface area (Å²) in [5.41, 5.74) is 1.95. The molecule has 0 saturated carbocycles. The minimum atomic E-state index is -1.44. The molecular weight excluding hydrogens is 504 g/mol. The van der Waals surface area contributed by atoms with E-state index >= 15 is 0 Å². The zero-order valence-electron chi connectivity index (χ0n) is 21.6. The summed E-state index contributed by atoms with van der Waals surface area (Å²) < 4.78 is 34.6. The molecule has 9 heteroatoms. The van der Waals surface area contributed by atoms with Gasteiger partial charge in [-0.3, -0.25) is 4.79 Å². The van der Waals surface area contributed by atoms with Gasteiger partial charge < -0.3 is 28.4 Å². The smallest absolute Gasteiger partial charge is 0.339 e. The van der Waals surface area contributed by atoms with Crippen LogP contribution in [0.1, 0.15) is 28.4 Å². The van der Waals surface area contributed by atoms with Gasteiger partial charge in [-0.05, 0) is 23.3 Å². The summed E-state index contributed by atoms with van der Waals surface area (Å²) in [7, 11) is 1.18. The number of esters is 3. The molecule has 3 aromatic carbocycles. The van der Waals surface area contributed by atoms with Gasteiger partial charge in [0.1, 0.15) is 6.10 Å². The molecule has 0 amide bonds. The van der Waals surface area contributed by atoms with Gasteiger partial charge in [0.05, 0.1) is 25.9 Å². The summed E-state index contributed by atoms with van der Waals surface area (Å²) in [4.78, 5) is 38.1. The van der Waals surface area contributed by atoms with Crippen LogP contribution in [0.5, 0.6) is 0 Å². The number of carbonyl (C=O) groups is 3. The van der Waals surface area contributed by atoms with Crippen molar-refractivity contribution in [1.82, 2.24) is 0 Å².